The van der Waals surface area contributed by atoms with Crippen molar-refractivity contribution in [3.63, 3.8) is 0 Å². The van der Waals surface area contributed by atoms with Gasteiger partial charge in [0.15, 0.2) is 0 Å². The average molecular weight is 239 g/mol. The minimum atomic E-state index is -0.311. The van der Waals surface area contributed by atoms with Crippen molar-refractivity contribution in [1.82, 2.24) is 9.88 Å². The SMILES string of the molecule is CC(C)NC(=O)C(C)n1cccc1C(N)=S. The molecular weight excluding hydrogens is 222 g/mol. The van der Waals surface area contributed by atoms with E-state index in [0.29, 0.717) is 10.7 Å². The molecular formula is C11H17N3OS. The lowest BCUT2D eigenvalue weighted by atomic mass is 10.2. The van der Waals surface area contributed by atoms with Crippen LogP contribution < -0.4 is 11.1 Å². The molecule has 1 aromatic rings. The molecule has 3 N–H and O–H groups in total. The number of hydrogen-bond acceptors (Lipinski definition) is 2. The quantitative estimate of drug-likeness (QED) is 0.776. The normalized spacial score (nSPS) is 12.5. The molecule has 1 rings (SSSR count). The van der Waals surface area contributed by atoms with Crippen LogP contribution in [0.3, 0.4) is 0 Å². The molecule has 0 saturated carbocycles. The molecule has 0 aliphatic rings. The Balaban J connectivity index is 2.87. The summed E-state index contributed by atoms with van der Waals surface area (Å²) < 4.78 is 1.78. The van der Waals surface area contributed by atoms with Gasteiger partial charge in [-0.25, -0.2) is 0 Å². The van der Waals surface area contributed by atoms with Crippen molar-refractivity contribution in [1.29, 1.82) is 0 Å². The Morgan fingerprint density at radius 1 is 1.50 bits per heavy atom. The first-order valence-electron chi connectivity index (χ1n) is 5.20. The van der Waals surface area contributed by atoms with Crippen molar-refractivity contribution < 1.29 is 4.79 Å². The number of rotatable bonds is 4. The Morgan fingerprint density at radius 2 is 2.12 bits per heavy atom. The molecule has 0 spiro atoms. The molecule has 16 heavy (non-hydrogen) atoms. The standard InChI is InChI=1S/C11H17N3OS/c1-7(2)13-11(15)8(3)14-6-4-5-9(14)10(12)16/h4-8H,1-3H3,(H2,12,16)(H,13,15). The van der Waals surface area contributed by atoms with E-state index in [1.165, 1.54) is 0 Å². The van der Waals surface area contributed by atoms with Crippen LogP contribution in [0.1, 0.15) is 32.5 Å². The van der Waals surface area contributed by atoms with Crippen LogP contribution in [-0.2, 0) is 4.79 Å². The number of nitrogens with one attached hydrogen (secondary N) is 1. The first-order chi connectivity index (χ1) is 7.43. The van der Waals surface area contributed by atoms with Crippen molar-refractivity contribution in [2.45, 2.75) is 32.9 Å². The number of aromatic nitrogens is 1. The monoisotopic (exact) mass is 239 g/mol. The maximum absolute atomic E-state index is 11.8. The van der Waals surface area contributed by atoms with Gasteiger partial charge in [-0.05, 0) is 32.9 Å². The molecule has 1 atom stereocenters. The minimum Gasteiger partial charge on any atom is -0.388 e. The van der Waals surface area contributed by atoms with Gasteiger partial charge < -0.3 is 15.6 Å². The number of thiocarbonyl (C=S) groups is 1. The number of hydrogen-bond donors (Lipinski definition) is 2. The predicted octanol–water partition coefficient (Wildman–Crippen LogP) is 1.21. The van der Waals surface area contributed by atoms with E-state index in [2.05, 4.69) is 5.32 Å². The first-order valence-corrected chi connectivity index (χ1v) is 5.61. The summed E-state index contributed by atoms with van der Waals surface area (Å²) in [5, 5.41) is 2.85. The summed E-state index contributed by atoms with van der Waals surface area (Å²) >= 11 is 4.92. The highest BCUT2D eigenvalue weighted by Crippen LogP contribution is 2.12. The Labute approximate surface area is 101 Å². The molecule has 0 aromatic carbocycles. The molecule has 1 aromatic heterocycles. The van der Waals surface area contributed by atoms with E-state index in [1.807, 2.05) is 32.9 Å². The minimum absolute atomic E-state index is 0.0382. The van der Waals surface area contributed by atoms with Gasteiger partial charge in [-0.3, -0.25) is 4.79 Å². The largest absolute Gasteiger partial charge is 0.388 e. The fourth-order valence-corrected chi connectivity index (χ4v) is 1.65. The summed E-state index contributed by atoms with van der Waals surface area (Å²) in [5.41, 5.74) is 6.29. The zero-order chi connectivity index (χ0) is 12.3. The number of carbonyl (C=O) groups is 1. The molecule has 1 heterocycles. The molecule has 4 nitrogen and oxygen atoms in total. The summed E-state index contributed by atoms with van der Waals surface area (Å²) in [7, 11) is 0. The van der Waals surface area contributed by atoms with E-state index in [9.17, 15) is 4.79 Å². The van der Waals surface area contributed by atoms with Crippen molar-refractivity contribution in [3.8, 4) is 0 Å². The van der Waals surface area contributed by atoms with Crippen LogP contribution in [0.15, 0.2) is 18.3 Å². The summed E-state index contributed by atoms with van der Waals surface area (Å²) in [6, 6.07) is 3.45. The molecule has 1 amide bonds. The Morgan fingerprint density at radius 3 is 2.62 bits per heavy atom. The van der Waals surface area contributed by atoms with E-state index in [4.69, 9.17) is 18.0 Å². The van der Waals surface area contributed by atoms with Crippen molar-refractivity contribution in [2.75, 3.05) is 0 Å². The Hall–Kier alpha value is -1.36. The second-order valence-electron chi connectivity index (χ2n) is 4.00. The second-order valence-corrected chi connectivity index (χ2v) is 4.44. The maximum Gasteiger partial charge on any atom is 0.242 e. The topological polar surface area (TPSA) is 60.0 Å². The number of nitrogens with zero attached hydrogens (tertiary/aromatic N) is 1. The van der Waals surface area contributed by atoms with Crippen molar-refractivity contribution in [3.05, 3.63) is 24.0 Å². The predicted molar refractivity (Wildman–Crippen MR) is 68.3 cm³/mol. The Kier molecular flexibility index (Phi) is 4.06. The van der Waals surface area contributed by atoms with Crippen molar-refractivity contribution >= 4 is 23.1 Å². The van der Waals surface area contributed by atoms with Gasteiger partial charge >= 0.3 is 0 Å². The number of carbonyl (C=O) groups excluding carboxylic acids is 1. The van der Waals surface area contributed by atoms with Crippen LogP contribution in [0.5, 0.6) is 0 Å². The van der Waals surface area contributed by atoms with Gasteiger partial charge in [-0.1, -0.05) is 12.2 Å². The summed E-state index contributed by atoms with van der Waals surface area (Å²) in [6.07, 6.45) is 1.80. The second kappa shape index (κ2) is 5.12. The van der Waals surface area contributed by atoms with Gasteiger partial charge in [-0.15, -0.1) is 0 Å². The molecule has 0 radical (unpaired) electrons. The van der Waals surface area contributed by atoms with Crippen molar-refractivity contribution in [2.24, 2.45) is 5.73 Å². The highest BCUT2D eigenvalue weighted by molar-refractivity contribution is 7.80. The summed E-state index contributed by atoms with van der Waals surface area (Å²) in [4.78, 5) is 12.1. The van der Waals surface area contributed by atoms with Gasteiger partial charge in [0.05, 0.1) is 5.69 Å². The van der Waals surface area contributed by atoms with E-state index < -0.39 is 0 Å². The third kappa shape index (κ3) is 2.82. The summed E-state index contributed by atoms with van der Waals surface area (Å²) in [6.45, 7) is 5.67. The molecule has 88 valence electrons. The lowest BCUT2D eigenvalue weighted by Gasteiger charge is -2.18. The third-order valence-corrected chi connectivity index (χ3v) is 2.47. The zero-order valence-corrected chi connectivity index (χ0v) is 10.5. The zero-order valence-electron chi connectivity index (χ0n) is 9.73. The van der Waals surface area contributed by atoms with Crippen LogP contribution in [0, 0.1) is 0 Å². The van der Waals surface area contributed by atoms with Crippen LogP contribution in [0.4, 0.5) is 0 Å². The number of amides is 1. The first kappa shape index (κ1) is 12.7. The van der Waals surface area contributed by atoms with Gasteiger partial charge in [0, 0.05) is 12.2 Å². The molecule has 0 saturated heterocycles. The van der Waals surface area contributed by atoms with Crippen LogP contribution in [0.2, 0.25) is 0 Å². The van der Waals surface area contributed by atoms with Crippen LogP contribution in [0.25, 0.3) is 0 Å². The van der Waals surface area contributed by atoms with E-state index >= 15 is 0 Å². The van der Waals surface area contributed by atoms with Gasteiger partial charge in [0.2, 0.25) is 5.91 Å². The van der Waals surface area contributed by atoms with Crippen LogP contribution >= 0.6 is 12.2 Å². The van der Waals surface area contributed by atoms with E-state index in [-0.39, 0.29) is 18.0 Å². The van der Waals surface area contributed by atoms with E-state index in [0.717, 1.165) is 0 Å². The van der Waals surface area contributed by atoms with E-state index in [1.54, 1.807) is 10.8 Å². The van der Waals surface area contributed by atoms with Crippen LogP contribution in [-0.4, -0.2) is 21.5 Å². The third-order valence-electron chi connectivity index (χ3n) is 2.26. The number of nitrogens with two attached hydrogens (primary N) is 1. The molecule has 5 heteroatoms. The van der Waals surface area contributed by atoms with Gasteiger partial charge in [-0.2, -0.15) is 0 Å². The summed E-state index contributed by atoms with van der Waals surface area (Å²) in [5.74, 6) is -0.0382. The molecule has 0 aliphatic carbocycles. The maximum atomic E-state index is 11.8. The molecule has 1 unspecified atom stereocenters. The fourth-order valence-electron chi connectivity index (χ4n) is 1.47. The fraction of sp³-hybridized carbons (Fsp3) is 0.455. The van der Waals surface area contributed by atoms with Gasteiger partial charge in [0.1, 0.15) is 11.0 Å². The molecule has 0 aliphatic heterocycles. The molecule has 0 fully saturated rings. The highest BCUT2D eigenvalue weighted by Gasteiger charge is 2.17. The molecule has 0 bridgehead atoms. The Bertz CT molecular complexity index is 398. The highest BCUT2D eigenvalue weighted by atomic mass is 32.1. The average Bonchev–Trinajstić information content (AvgIpc) is 2.63. The lowest BCUT2D eigenvalue weighted by molar-refractivity contribution is -0.124. The van der Waals surface area contributed by atoms with Gasteiger partial charge in [0.25, 0.3) is 0 Å². The smallest absolute Gasteiger partial charge is 0.242 e. The lowest BCUT2D eigenvalue weighted by Crippen LogP contribution is -2.36.